The van der Waals surface area contributed by atoms with E-state index in [0.717, 1.165) is 64.4 Å². The van der Waals surface area contributed by atoms with Crippen LogP contribution in [0.2, 0.25) is 0 Å². The van der Waals surface area contributed by atoms with E-state index in [1.807, 2.05) is 14.0 Å². The van der Waals surface area contributed by atoms with E-state index in [1.165, 1.54) is 19.3 Å². The summed E-state index contributed by atoms with van der Waals surface area (Å²) in [6.07, 6.45) is 18.9. The number of ether oxygens (including phenoxy) is 2. The number of carbonyl (C=O) groups is 4. The molecule has 15 nitrogen and oxygen atoms in total. The van der Waals surface area contributed by atoms with Crippen molar-refractivity contribution in [1.82, 2.24) is 20.6 Å². The second-order valence-electron chi connectivity index (χ2n) is 13.1. The number of carbonyl (C=O) groups excluding carboxylic acids is 4. The fraction of sp³-hybridized carbons (Fsp3) is 0.825. The second-order valence-corrected chi connectivity index (χ2v) is 14.6. The van der Waals surface area contributed by atoms with Crippen molar-refractivity contribution in [2.24, 2.45) is 5.73 Å². The van der Waals surface area contributed by atoms with Crippen LogP contribution in [0.15, 0.2) is 0 Å². The predicted octanol–water partition coefficient (Wildman–Crippen LogP) is 5.14. The summed E-state index contributed by atoms with van der Waals surface area (Å²) in [5.41, 5.74) is 3.78. The molecule has 0 saturated heterocycles. The van der Waals surface area contributed by atoms with E-state index in [9.17, 15) is 14.4 Å². The summed E-state index contributed by atoms with van der Waals surface area (Å²) in [6.45, 7) is 17.1. The van der Waals surface area contributed by atoms with Crippen molar-refractivity contribution in [3.63, 3.8) is 0 Å². The molecule has 0 aliphatic rings. The van der Waals surface area contributed by atoms with Gasteiger partial charge in [-0.05, 0) is 92.7 Å². The Balaban J connectivity index is -0.000000398. The highest BCUT2D eigenvalue weighted by molar-refractivity contribution is 7.44. The van der Waals surface area contributed by atoms with Gasteiger partial charge in [-0.2, -0.15) is 5.26 Å². The third-order valence-electron chi connectivity index (χ3n) is 7.92. The van der Waals surface area contributed by atoms with Crippen molar-refractivity contribution >= 4 is 33.5 Å². The highest BCUT2D eigenvalue weighted by atomic mass is 31.2. The zero-order chi connectivity index (χ0) is 43.1. The van der Waals surface area contributed by atoms with E-state index in [0.29, 0.717) is 77.1 Å². The number of aldehydes is 1. The molecule has 0 aromatic rings. The second kappa shape index (κ2) is 48.4. The number of nitrogens with two attached hydrogens (primary N) is 1. The first kappa shape index (κ1) is 60.0. The van der Waals surface area contributed by atoms with Gasteiger partial charge in [0.1, 0.15) is 12.9 Å². The summed E-state index contributed by atoms with van der Waals surface area (Å²) in [5.74, 6) is 2.30. The maximum atomic E-state index is 11.9. The van der Waals surface area contributed by atoms with E-state index in [2.05, 4.69) is 73.0 Å². The fourth-order valence-corrected chi connectivity index (χ4v) is 6.61. The Labute approximate surface area is 341 Å². The number of hydrogen-bond donors (Lipinski definition) is 5. The van der Waals surface area contributed by atoms with Crippen LogP contribution in [0.25, 0.3) is 0 Å². The lowest BCUT2D eigenvalue weighted by molar-refractivity contribution is -0.122. The van der Waals surface area contributed by atoms with Gasteiger partial charge in [0.2, 0.25) is 18.7 Å². The number of hydrogen-bond acceptors (Lipinski definition) is 12. The highest BCUT2D eigenvalue weighted by Gasteiger charge is 2.28. The zero-order valence-corrected chi connectivity index (χ0v) is 36.8. The van der Waals surface area contributed by atoms with Crippen molar-refractivity contribution in [3.8, 4) is 18.4 Å². The standard InChI is InChI=1S/C18H32N2O5.C16H34N3O2P.C5H10O.CH3NO/c1-3-12-24-14-15-25-13-10-19-17(23)7-9-18(4-2,20-16-22)8-5-6-11-21;1-15(2)19(16(3)4)22(21-14-10-11-17)20-13-9-7-6-8-12-18-5;1-2-3-4-5-6;2-1-3/h1,16,21H,4-15H2,2H3,(H,19,23)(H,20,22);15-16,18H,6-10,12-14H2,1-5H3;5H,2-4H2,1H3;1H,(H2,2,3). The molecule has 0 bridgehead atoms. The Morgan fingerprint density at radius 1 is 0.911 bits per heavy atom. The van der Waals surface area contributed by atoms with Crippen LogP contribution in [-0.2, 0) is 37.7 Å². The molecule has 16 heteroatoms. The molecule has 56 heavy (non-hydrogen) atoms. The van der Waals surface area contributed by atoms with E-state index >= 15 is 0 Å². The summed E-state index contributed by atoms with van der Waals surface area (Å²) >= 11 is 0. The third-order valence-corrected chi connectivity index (χ3v) is 10.0. The summed E-state index contributed by atoms with van der Waals surface area (Å²) in [6, 6.07) is 2.85. The highest BCUT2D eigenvalue weighted by Crippen LogP contribution is 2.46. The summed E-state index contributed by atoms with van der Waals surface area (Å²) < 4.78 is 24.5. The summed E-state index contributed by atoms with van der Waals surface area (Å²) in [5, 5.41) is 26.4. The van der Waals surface area contributed by atoms with E-state index in [-0.39, 0.29) is 31.1 Å². The van der Waals surface area contributed by atoms with E-state index in [1.54, 1.807) is 0 Å². The predicted molar refractivity (Wildman–Crippen MR) is 225 cm³/mol. The van der Waals surface area contributed by atoms with Crippen molar-refractivity contribution in [1.29, 1.82) is 5.26 Å². The first-order valence-corrected chi connectivity index (χ1v) is 21.3. The zero-order valence-electron chi connectivity index (χ0n) is 35.9. The molecule has 328 valence electrons. The van der Waals surface area contributed by atoms with Crippen molar-refractivity contribution in [2.45, 2.75) is 149 Å². The van der Waals surface area contributed by atoms with Crippen molar-refractivity contribution in [2.75, 3.05) is 66.4 Å². The molecule has 0 heterocycles. The number of nitrogens with one attached hydrogen (secondary N) is 3. The minimum absolute atomic E-state index is 0.0696. The smallest absolute Gasteiger partial charge is 0.259 e. The molecule has 6 N–H and O–H groups in total. The Morgan fingerprint density at radius 2 is 1.55 bits per heavy atom. The molecule has 0 aliphatic carbocycles. The van der Waals surface area contributed by atoms with Gasteiger partial charge in [0.15, 0.2) is 0 Å². The Morgan fingerprint density at radius 3 is 2.07 bits per heavy atom. The minimum Gasteiger partial charge on any atom is -0.396 e. The number of amides is 3. The fourth-order valence-electron chi connectivity index (χ4n) is 4.98. The summed E-state index contributed by atoms with van der Waals surface area (Å²) in [7, 11) is 0.915. The number of nitriles is 1. The number of nitrogens with zero attached hydrogens (tertiary/aromatic N) is 2. The molecule has 2 unspecified atom stereocenters. The Bertz CT molecular complexity index is 962. The molecular weight excluding hydrogens is 739 g/mol. The maximum absolute atomic E-state index is 11.9. The van der Waals surface area contributed by atoms with E-state index < -0.39 is 8.53 Å². The molecule has 0 fully saturated rings. The number of rotatable bonds is 34. The quantitative estimate of drug-likeness (QED) is 0.0247. The molecule has 0 radical (unpaired) electrons. The monoisotopic (exact) mass is 819 g/mol. The number of aliphatic hydroxyl groups excluding tert-OH is 1. The molecule has 0 aromatic carbocycles. The average molecular weight is 819 g/mol. The van der Waals surface area contributed by atoms with Crippen LogP contribution in [0.5, 0.6) is 0 Å². The molecule has 3 amide bonds. The Kier molecular flexibility index (Phi) is 51.9. The van der Waals surface area contributed by atoms with Crippen LogP contribution >= 0.6 is 8.53 Å². The lowest BCUT2D eigenvalue weighted by Gasteiger charge is -2.35. The lowest BCUT2D eigenvalue weighted by Crippen LogP contribution is -2.45. The molecule has 0 aromatic heterocycles. The molecule has 2 atom stereocenters. The number of aliphatic hydroxyl groups is 1. The van der Waals surface area contributed by atoms with Crippen molar-refractivity contribution in [3.05, 3.63) is 0 Å². The molecule has 0 spiro atoms. The third kappa shape index (κ3) is 42.4. The molecular formula is C40H79N6O9P. The van der Waals surface area contributed by atoms with E-state index in [4.69, 9.17) is 40.1 Å². The van der Waals surface area contributed by atoms with Gasteiger partial charge in [-0.15, -0.1) is 6.42 Å². The SMILES string of the molecule is C#CCOCCOCCNC(=O)CCC(CC)(CCCCO)NC=O.CCCCC=O.CNCCCCCCOP(OCCC#N)N(C(C)C)C(C)C.NC=O. The average Bonchev–Trinajstić information content (AvgIpc) is 3.17. The first-order chi connectivity index (χ1) is 27.0. The van der Waals surface area contributed by atoms with Gasteiger partial charge in [-0.25, -0.2) is 4.67 Å². The summed E-state index contributed by atoms with van der Waals surface area (Å²) in [4.78, 5) is 41.0. The largest absolute Gasteiger partial charge is 0.396 e. The van der Waals surface area contributed by atoms with Crippen LogP contribution in [0.3, 0.4) is 0 Å². The van der Waals surface area contributed by atoms with Gasteiger partial charge < -0.3 is 50.1 Å². The molecule has 0 rings (SSSR count). The van der Waals surface area contributed by atoms with Gasteiger partial charge >= 0.3 is 0 Å². The molecule has 0 aliphatic heterocycles. The minimum atomic E-state index is -1.07. The topological polar surface area (TPSA) is 215 Å². The normalized spacial score (nSPS) is 11.9. The van der Waals surface area contributed by atoms with Gasteiger partial charge in [0.25, 0.3) is 8.53 Å². The van der Waals surface area contributed by atoms with Crippen LogP contribution < -0.4 is 21.7 Å². The van der Waals surface area contributed by atoms with Crippen LogP contribution in [-0.4, -0.2) is 119 Å². The van der Waals surface area contributed by atoms with Crippen LogP contribution in [0.4, 0.5) is 0 Å². The van der Waals surface area contributed by atoms with Crippen LogP contribution in [0.1, 0.15) is 131 Å². The van der Waals surface area contributed by atoms with Crippen LogP contribution in [0, 0.1) is 23.7 Å². The number of primary amides is 1. The van der Waals surface area contributed by atoms with Gasteiger partial charge in [0.05, 0.1) is 45.5 Å². The van der Waals surface area contributed by atoms with Gasteiger partial charge in [-0.3, -0.25) is 14.4 Å². The maximum Gasteiger partial charge on any atom is 0.259 e. The number of terminal acetylenes is 1. The Hall–Kier alpha value is -2.72. The first-order valence-electron chi connectivity index (χ1n) is 20.1. The van der Waals surface area contributed by atoms with Crippen molar-refractivity contribution < 1.29 is 42.8 Å². The lowest BCUT2D eigenvalue weighted by atomic mass is 9.85. The van der Waals surface area contributed by atoms with Gasteiger partial charge in [0, 0.05) is 43.6 Å². The van der Waals surface area contributed by atoms with Gasteiger partial charge in [-0.1, -0.05) is 39.0 Å². The number of unbranched alkanes of at least 4 members (excludes halogenated alkanes) is 6. The molecule has 0 saturated carbocycles.